The van der Waals surface area contributed by atoms with Crippen LogP contribution in [0.25, 0.3) is 0 Å². The molecule has 0 radical (unpaired) electrons. The van der Waals surface area contributed by atoms with Crippen LogP contribution in [0, 0.1) is 17.5 Å². The minimum atomic E-state index is -4.10. The highest BCUT2D eigenvalue weighted by Crippen LogP contribution is 2.20. The second-order valence-corrected chi connectivity index (χ2v) is 7.26. The Labute approximate surface area is 139 Å². The molecule has 4 nitrogen and oxygen atoms in total. The van der Waals surface area contributed by atoms with Gasteiger partial charge in [0.05, 0.1) is 4.90 Å². The second-order valence-electron chi connectivity index (χ2n) is 5.49. The van der Waals surface area contributed by atoms with Crippen molar-refractivity contribution in [2.45, 2.75) is 10.9 Å². The Morgan fingerprint density at radius 1 is 1.00 bits per heavy atom. The number of rotatable bonds is 6. The number of likely N-dealkylation sites (N-methyl/N-ethyl adjacent to an activating group) is 1. The van der Waals surface area contributed by atoms with Crippen molar-refractivity contribution in [2.75, 3.05) is 20.6 Å². The first-order valence-corrected chi connectivity index (χ1v) is 8.55. The third-order valence-corrected chi connectivity index (χ3v) is 4.87. The zero-order chi connectivity index (χ0) is 17.9. The number of hydrogen-bond donors (Lipinski definition) is 1. The number of nitrogens with one attached hydrogen (secondary N) is 1. The van der Waals surface area contributed by atoms with E-state index in [1.165, 1.54) is 18.2 Å². The van der Waals surface area contributed by atoms with Gasteiger partial charge >= 0.3 is 0 Å². The van der Waals surface area contributed by atoms with Crippen LogP contribution in [0.3, 0.4) is 0 Å². The summed E-state index contributed by atoms with van der Waals surface area (Å²) in [5.74, 6) is -2.40. The molecule has 0 aromatic heterocycles. The molecular formula is C16H17F3N2O2S. The van der Waals surface area contributed by atoms with Gasteiger partial charge in [-0.2, -0.15) is 0 Å². The van der Waals surface area contributed by atoms with Gasteiger partial charge in [0.15, 0.2) is 0 Å². The molecule has 0 aliphatic rings. The van der Waals surface area contributed by atoms with E-state index in [1.54, 1.807) is 25.1 Å². The molecule has 0 aliphatic carbocycles. The lowest BCUT2D eigenvalue weighted by Gasteiger charge is -2.25. The van der Waals surface area contributed by atoms with Crippen molar-refractivity contribution in [3.8, 4) is 0 Å². The third kappa shape index (κ3) is 4.56. The molecule has 0 saturated heterocycles. The summed E-state index contributed by atoms with van der Waals surface area (Å²) in [5, 5.41) is 0. The normalized spacial score (nSPS) is 13.2. The van der Waals surface area contributed by atoms with Gasteiger partial charge < -0.3 is 4.90 Å². The summed E-state index contributed by atoms with van der Waals surface area (Å²) in [6.45, 7) is -0.0864. The highest BCUT2D eigenvalue weighted by molar-refractivity contribution is 7.89. The fraction of sp³-hybridized carbons (Fsp3) is 0.250. The van der Waals surface area contributed by atoms with Crippen LogP contribution in [0.1, 0.15) is 11.6 Å². The van der Waals surface area contributed by atoms with Crippen molar-refractivity contribution in [2.24, 2.45) is 0 Å². The number of benzene rings is 2. The predicted octanol–water partition coefficient (Wildman–Crippen LogP) is 2.69. The Bertz CT molecular complexity index is 806. The number of hydrogen-bond acceptors (Lipinski definition) is 3. The van der Waals surface area contributed by atoms with E-state index in [2.05, 4.69) is 4.72 Å². The van der Waals surface area contributed by atoms with Gasteiger partial charge in [0.2, 0.25) is 10.0 Å². The van der Waals surface area contributed by atoms with Crippen molar-refractivity contribution >= 4 is 10.0 Å². The van der Waals surface area contributed by atoms with Crippen molar-refractivity contribution in [1.82, 2.24) is 9.62 Å². The van der Waals surface area contributed by atoms with E-state index in [1.807, 2.05) is 0 Å². The van der Waals surface area contributed by atoms with Crippen molar-refractivity contribution in [3.63, 3.8) is 0 Å². The fourth-order valence-corrected chi connectivity index (χ4v) is 3.35. The monoisotopic (exact) mass is 358 g/mol. The summed E-state index contributed by atoms with van der Waals surface area (Å²) in [4.78, 5) is 1.21. The first-order chi connectivity index (χ1) is 11.2. The van der Waals surface area contributed by atoms with Crippen molar-refractivity contribution in [1.29, 1.82) is 0 Å². The SMILES string of the molecule is CN(C)C(CNS(=O)(=O)c1cc(F)cc(F)c1)c1cccc(F)c1. The summed E-state index contributed by atoms with van der Waals surface area (Å²) < 4.78 is 66.6. The van der Waals surface area contributed by atoms with Gasteiger partial charge in [-0.3, -0.25) is 0 Å². The van der Waals surface area contributed by atoms with E-state index in [0.717, 1.165) is 12.1 Å². The standard InChI is InChI=1S/C16H17F3N2O2S/c1-21(2)16(11-4-3-5-12(17)6-11)10-20-24(22,23)15-8-13(18)7-14(19)9-15/h3-9,16,20H,10H2,1-2H3. The predicted molar refractivity (Wildman–Crippen MR) is 84.4 cm³/mol. The van der Waals surface area contributed by atoms with Crippen molar-refractivity contribution < 1.29 is 21.6 Å². The van der Waals surface area contributed by atoms with Crippen molar-refractivity contribution in [3.05, 3.63) is 65.5 Å². The van der Waals surface area contributed by atoms with Crippen LogP contribution in [-0.4, -0.2) is 34.0 Å². The van der Waals surface area contributed by atoms with Gasteiger partial charge in [-0.1, -0.05) is 12.1 Å². The van der Waals surface area contributed by atoms with Crippen LogP contribution in [0.2, 0.25) is 0 Å². The lowest BCUT2D eigenvalue weighted by Crippen LogP contribution is -2.34. The molecule has 1 atom stereocenters. The van der Waals surface area contributed by atoms with Gasteiger partial charge in [-0.15, -0.1) is 0 Å². The van der Waals surface area contributed by atoms with Crippen LogP contribution >= 0.6 is 0 Å². The zero-order valence-electron chi connectivity index (χ0n) is 13.1. The zero-order valence-corrected chi connectivity index (χ0v) is 13.9. The maximum atomic E-state index is 13.4. The molecule has 24 heavy (non-hydrogen) atoms. The molecule has 0 spiro atoms. The molecule has 2 aromatic carbocycles. The summed E-state index contributed by atoms with van der Waals surface area (Å²) in [6, 6.07) is 7.40. The van der Waals surface area contributed by atoms with Gasteiger partial charge in [-0.25, -0.2) is 26.3 Å². The minimum absolute atomic E-state index is 0.0864. The van der Waals surface area contributed by atoms with Crippen LogP contribution in [0.15, 0.2) is 47.4 Å². The Hall–Kier alpha value is -1.90. The molecule has 2 aromatic rings. The summed E-state index contributed by atoms with van der Waals surface area (Å²) in [5.41, 5.74) is 0.577. The molecule has 0 bridgehead atoms. The number of sulfonamides is 1. The summed E-state index contributed by atoms with van der Waals surface area (Å²) in [6.07, 6.45) is 0. The molecule has 8 heteroatoms. The third-order valence-electron chi connectivity index (χ3n) is 3.47. The van der Waals surface area contributed by atoms with E-state index in [-0.39, 0.29) is 6.54 Å². The number of halogens is 3. The Morgan fingerprint density at radius 3 is 2.17 bits per heavy atom. The smallest absolute Gasteiger partial charge is 0.240 e. The number of nitrogens with zero attached hydrogens (tertiary/aromatic N) is 1. The lowest BCUT2D eigenvalue weighted by molar-refractivity contribution is 0.298. The molecule has 1 N–H and O–H groups in total. The van der Waals surface area contributed by atoms with Crippen LogP contribution in [0.5, 0.6) is 0 Å². The van der Waals surface area contributed by atoms with Gasteiger partial charge in [0.1, 0.15) is 17.5 Å². The highest BCUT2D eigenvalue weighted by atomic mass is 32.2. The average Bonchev–Trinajstić information content (AvgIpc) is 2.46. The molecule has 0 saturated carbocycles. The second kappa shape index (κ2) is 7.33. The fourth-order valence-electron chi connectivity index (χ4n) is 2.27. The van der Waals surface area contributed by atoms with E-state index in [4.69, 9.17) is 0 Å². The highest BCUT2D eigenvalue weighted by Gasteiger charge is 2.21. The van der Waals surface area contributed by atoms with Crippen LogP contribution < -0.4 is 4.72 Å². The molecule has 1 unspecified atom stereocenters. The largest absolute Gasteiger partial charge is 0.301 e. The van der Waals surface area contributed by atoms with Crippen LogP contribution in [0.4, 0.5) is 13.2 Å². The van der Waals surface area contributed by atoms with E-state index in [9.17, 15) is 21.6 Å². The Kier molecular flexibility index (Phi) is 5.63. The van der Waals surface area contributed by atoms with E-state index in [0.29, 0.717) is 11.6 Å². The van der Waals surface area contributed by atoms with Crippen LogP contribution in [-0.2, 0) is 10.0 Å². The molecule has 0 aliphatic heterocycles. The first kappa shape index (κ1) is 18.4. The first-order valence-electron chi connectivity index (χ1n) is 7.07. The maximum absolute atomic E-state index is 13.4. The lowest BCUT2D eigenvalue weighted by atomic mass is 10.1. The summed E-state index contributed by atoms with van der Waals surface area (Å²) in [7, 11) is -0.674. The Balaban J connectivity index is 2.22. The van der Waals surface area contributed by atoms with E-state index < -0.39 is 38.4 Å². The Morgan fingerprint density at radius 2 is 1.62 bits per heavy atom. The molecular weight excluding hydrogens is 341 g/mol. The summed E-state index contributed by atoms with van der Waals surface area (Å²) >= 11 is 0. The van der Waals surface area contributed by atoms with Gasteiger partial charge in [-0.05, 0) is 43.9 Å². The molecule has 2 rings (SSSR count). The molecule has 130 valence electrons. The molecule has 0 heterocycles. The van der Waals surface area contributed by atoms with E-state index >= 15 is 0 Å². The topological polar surface area (TPSA) is 49.4 Å². The minimum Gasteiger partial charge on any atom is -0.301 e. The van der Waals surface area contributed by atoms with Gasteiger partial charge in [0.25, 0.3) is 0 Å². The molecule has 0 fully saturated rings. The maximum Gasteiger partial charge on any atom is 0.240 e. The molecule has 0 amide bonds. The average molecular weight is 358 g/mol. The quantitative estimate of drug-likeness (QED) is 0.864. The van der Waals surface area contributed by atoms with Gasteiger partial charge in [0, 0.05) is 18.7 Å².